The van der Waals surface area contributed by atoms with Crippen molar-refractivity contribution in [1.29, 1.82) is 0 Å². The molecule has 1 N–H and O–H groups in total. The van der Waals surface area contributed by atoms with E-state index in [0.29, 0.717) is 6.54 Å². The smallest absolute Gasteiger partial charge is 0.251 e. The van der Waals surface area contributed by atoms with E-state index in [-0.39, 0.29) is 5.91 Å². The van der Waals surface area contributed by atoms with Crippen molar-refractivity contribution in [2.24, 2.45) is 0 Å². The minimum Gasteiger partial charge on any atom is -0.348 e. The van der Waals surface area contributed by atoms with E-state index in [4.69, 9.17) is 0 Å². The standard InChI is InChI=1S/C7H9NO/c1-3-6-5(2)4-8-7(6)9/h3H,1,4H2,2H3,(H,8,9). The van der Waals surface area contributed by atoms with Crippen LogP contribution in [0.5, 0.6) is 0 Å². The summed E-state index contributed by atoms with van der Waals surface area (Å²) in [6.07, 6.45) is 1.59. The van der Waals surface area contributed by atoms with Gasteiger partial charge in [0.25, 0.3) is 5.91 Å². The van der Waals surface area contributed by atoms with Gasteiger partial charge in [0.15, 0.2) is 0 Å². The zero-order chi connectivity index (χ0) is 6.85. The van der Waals surface area contributed by atoms with Crippen molar-refractivity contribution >= 4 is 5.91 Å². The summed E-state index contributed by atoms with van der Waals surface area (Å²) < 4.78 is 0. The van der Waals surface area contributed by atoms with Crippen molar-refractivity contribution in [3.05, 3.63) is 23.8 Å². The summed E-state index contributed by atoms with van der Waals surface area (Å²) >= 11 is 0. The lowest BCUT2D eigenvalue weighted by molar-refractivity contribution is -0.116. The molecule has 0 atom stereocenters. The highest BCUT2D eigenvalue weighted by Crippen LogP contribution is 2.09. The van der Waals surface area contributed by atoms with Gasteiger partial charge >= 0.3 is 0 Å². The summed E-state index contributed by atoms with van der Waals surface area (Å²) in [4.78, 5) is 10.8. The van der Waals surface area contributed by atoms with Gasteiger partial charge in [-0.2, -0.15) is 0 Å². The van der Waals surface area contributed by atoms with E-state index < -0.39 is 0 Å². The Morgan fingerprint density at radius 2 is 2.44 bits per heavy atom. The molecule has 0 unspecified atom stereocenters. The summed E-state index contributed by atoms with van der Waals surface area (Å²) in [7, 11) is 0. The fourth-order valence-electron chi connectivity index (χ4n) is 0.864. The zero-order valence-corrected chi connectivity index (χ0v) is 5.40. The molecule has 0 aliphatic carbocycles. The van der Waals surface area contributed by atoms with Gasteiger partial charge in [-0.25, -0.2) is 0 Å². The van der Waals surface area contributed by atoms with Gasteiger partial charge in [-0.15, -0.1) is 0 Å². The number of carbonyl (C=O) groups excluding carboxylic acids is 1. The van der Waals surface area contributed by atoms with Crippen molar-refractivity contribution in [2.45, 2.75) is 6.92 Å². The molecule has 0 fully saturated rings. The minimum atomic E-state index is 0.00231. The van der Waals surface area contributed by atoms with Crippen molar-refractivity contribution in [1.82, 2.24) is 5.32 Å². The molecule has 1 rings (SSSR count). The third-order valence-electron chi connectivity index (χ3n) is 1.42. The Labute approximate surface area is 54.3 Å². The van der Waals surface area contributed by atoms with Crippen LogP contribution in [0.1, 0.15) is 6.92 Å². The number of hydrogen-bond donors (Lipinski definition) is 1. The van der Waals surface area contributed by atoms with Crippen LogP contribution < -0.4 is 5.32 Å². The molecule has 2 nitrogen and oxygen atoms in total. The summed E-state index contributed by atoms with van der Waals surface area (Å²) in [5.41, 5.74) is 1.81. The normalized spacial score (nSPS) is 18.1. The first kappa shape index (κ1) is 6.08. The number of hydrogen-bond acceptors (Lipinski definition) is 1. The van der Waals surface area contributed by atoms with E-state index in [0.717, 1.165) is 11.1 Å². The minimum absolute atomic E-state index is 0.00231. The first-order valence-electron chi connectivity index (χ1n) is 2.86. The van der Waals surface area contributed by atoms with Gasteiger partial charge in [-0.05, 0) is 12.5 Å². The molecule has 1 aliphatic heterocycles. The first-order valence-corrected chi connectivity index (χ1v) is 2.86. The second-order valence-corrected chi connectivity index (χ2v) is 2.08. The Balaban J connectivity index is 2.94. The molecule has 0 saturated carbocycles. The van der Waals surface area contributed by atoms with Crippen LogP contribution in [0, 0.1) is 0 Å². The highest BCUT2D eigenvalue weighted by molar-refractivity contribution is 5.99. The molecular formula is C7H9NO. The van der Waals surface area contributed by atoms with Gasteiger partial charge in [0.05, 0.1) is 0 Å². The van der Waals surface area contributed by atoms with Crippen LogP contribution in [0.3, 0.4) is 0 Å². The molecule has 0 saturated heterocycles. The van der Waals surface area contributed by atoms with Gasteiger partial charge in [0, 0.05) is 12.1 Å². The van der Waals surface area contributed by atoms with E-state index >= 15 is 0 Å². The Morgan fingerprint density at radius 3 is 2.67 bits per heavy atom. The van der Waals surface area contributed by atoms with Crippen molar-refractivity contribution in [3.63, 3.8) is 0 Å². The number of nitrogens with one attached hydrogen (secondary N) is 1. The van der Waals surface area contributed by atoms with Crippen LogP contribution in [-0.4, -0.2) is 12.5 Å². The molecule has 0 aromatic carbocycles. The quantitative estimate of drug-likeness (QED) is 0.544. The lowest BCUT2D eigenvalue weighted by Crippen LogP contribution is -2.16. The van der Waals surface area contributed by atoms with Gasteiger partial charge in [-0.3, -0.25) is 4.79 Å². The van der Waals surface area contributed by atoms with Gasteiger partial charge in [0.2, 0.25) is 0 Å². The Bertz CT molecular complexity index is 191. The summed E-state index contributed by atoms with van der Waals surface area (Å²) in [5, 5.41) is 2.69. The molecule has 0 bridgehead atoms. The van der Waals surface area contributed by atoms with Crippen LogP contribution in [0.4, 0.5) is 0 Å². The first-order chi connectivity index (χ1) is 4.25. The van der Waals surface area contributed by atoms with Crippen molar-refractivity contribution in [3.8, 4) is 0 Å². The lowest BCUT2D eigenvalue weighted by atomic mass is 10.2. The second kappa shape index (κ2) is 2.05. The maximum absolute atomic E-state index is 10.8. The fourth-order valence-corrected chi connectivity index (χ4v) is 0.864. The molecule has 0 spiro atoms. The average molecular weight is 123 g/mol. The average Bonchev–Trinajstić information content (AvgIpc) is 2.12. The lowest BCUT2D eigenvalue weighted by Gasteiger charge is -1.87. The van der Waals surface area contributed by atoms with Crippen LogP contribution in [0.15, 0.2) is 23.8 Å². The molecule has 1 amide bonds. The van der Waals surface area contributed by atoms with E-state index in [1.54, 1.807) is 6.08 Å². The van der Waals surface area contributed by atoms with Crippen molar-refractivity contribution in [2.75, 3.05) is 6.54 Å². The van der Waals surface area contributed by atoms with Crippen LogP contribution in [0.2, 0.25) is 0 Å². The van der Waals surface area contributed by atoms with E-state index in [2.05, 4.69) is 11.9 Å². The zero-order valence-electron chi connectivity index (χ0n) is 5.40. The molecule has 0 aromatic heterocycles. The van der Waals surface area contributed by atoms with Crippen LogP contribution in [0.25, 0.3) is 0 Å². The molecule has 2 heteroatoms. The van der Waals surface area contributed by atoms with Gasteiger partial charge in [-0.1, -0.05) is 12.7 Å². The predicted octanol–water partition coefficient (Wildman–Crippen LogP) is 0.619. The fraction of sp³-hybridized carbons (Fsp3) is 0.286. The van der Waals surface area contributed by atoms with Crippen LogP contribution in [-0.2, 0) is 4.79 Å². The molecule has 1 heterocycles. The third kappa shape index (κ3) is 0.875. The van der Waals surface area contributed by atoms with Crippen LogP contribution >= 0.6 is 0 Å². The summed E-state index contributed by atoms with van der Waals surface area (Å²) in [6.45, 7) is 6.13. The molecule has 1 aliphatic rings. The number of amides is 1. The number of carbonyl (C=O) groups is 1. The van der Waals surface area contributed by atoms with Gasteiger partial charge < -0.3 is 5.32 Å². The molecular weight excluding hydrogens is 114 g/mol. The van der Waals surface area contributed by atoms with Crippen molar-refractivity contribution < 1.29 is 4.79 Å². The number of rotatable bonds is 1. The molecule has 0 radical (unpaired) electrons. The highest BCUT2D eigenvalue weighted by atomic mass is 16.1. The Morgan fingerprint density at radius 1 is 1.78 bits per heavy atom. The SMILES string of the molecule is C=CC1=C(C)CNC1=O. The molecule has 9 heavy (non-hydrogen) atoms. The highest BCUT2D eigenvalue weighted by Gasteiger charge is 2.15. The van der Waals surface area contributed by atoms with E-state index in [1.807, 2.05) is 6.92 Å². The predicted molar refractivity (Wildman–Crippen MR) is 35.9 cm³/mol. The molecule has 0 aromatic rings. The van der Waals surface area contributed by atoms with E-state index in [1.165, 1.54) is 0 Å². The summed E-state index contributed by atoms with van der Waals surface area (Å²) in [6, 6.07) is 0. The van der Waals surface area contributed by atoms with E-state index in [9.17, 15) is 4.79 Å². The second-order valence-electron chi connectivity index (χ2n) is 2.08. The molecule has 48 valence electrons. The topological polar surface area (TPSA) is 29.1 Å². The third-order valence-corrected chi connectivity index (χ3v) is 1.42. The maximum Gasteiger partial charge on any atom is 0.251 e. The Kier molecular flexibility index (Phi) is 1.39. The Hall–Kier alpha value is -1.05. The van der Waals surface area contributed by atoms with Gasteiger partial charge in [0.1, 0.15) is 0 Å². The maximum atomic E-state index is 10.8. The monoisotopic (exact) mass is 123 g/mol. The largest absolute Gasteiger partial charge is 0.348 e. The summed E-state index contributed by atoms with van der Waals surface area (Å²) in [5.74, 6) is 0.00231.